The summed E-state index contributed by atoms with van der Waals surface area (Å²) in [7, 11) is 0. The van der Waals surface area contributed by atoms with Gasteiger partial charge in [0.1, 0.15) is 17.0 Å². The number of aliphatic carboxylic acids is 1. The number of carboxylic acids is 1. The van der Waals surface area contributed by atoms with Crippen LogP contribution in [0.3, 0.4) is 0 Å². The highest BCUT2D eigenvalue weighted by Crippen LogP contribution is 2.49. The summed E-state index contributed by atoms with van der Waals surface area (Å²) < 4.78 is -0.537. The molecule has 0 unspecified atom stereocenters. The molecule has 0 aromatic rings. The van der Waals surface area contributed by atoms with Gasteiger partial charge in [0.2, 0.25) is 0 Å². The zero-order valence-electron chi connectivity index (χ0n) is 11.6. The normalized spacial score (nSPS) is 31.1. The van der Waals surface area contributed by atoms with E-state index in [1.165, 1.54) is 16.7 Å². The molecule has 106 valence electrons. The third-order valence-electron chi connectivity index (χ3n) is 2.94. The van der Waals surface area contributed by atoms with Gasteiger partial charge in [-0.2, -0.15) is 0 Å². The van der Waals surface area contributed by atoms with E-state index in [0.29, 0.717) is 5.71 Å². The second kappa shape index (κ2) is 4.13. The Kier molecular flexibility index (Phi) is 3.08. The number of rotatable bonds is 2. The first-order chi connectivity index (χ1) is 8.54. The van der Waals surface area contributed by atoms with E-state index in [1.54, 1.807) is 0 Å². The summed E-state index contributed by atoms with van der Waals surface area (Å²) >= 11 is 1.43. The van der Waals surface area contributed by atoms with Gasteiger partial charge in [0.25, 0.3) is 5.91 Å². The molecule has 1 amide bonds. The van der Waals surface area contributed by atoms with Crippen molar-refractivity contribution in [3.05, 3.63) is 0 Å². The summed E-state index contributed by atoms with van der Waals surface area (Å²) in [6.07, 6.45) is 0. The van der Waals surface area contributed by atoms with E-state index < -0.39 is 22.4 Å². The molecular weight excluding hydrogens is 268 g/mol. The molecule has 0 aromatic carbocycles. The predicted octanol–water partition coefficient (Wildman–Crippen LogP) is 1.30. The average Bonchev–Trinajstić information content (AvgIpc) is 2.45. The zero-order chi connectivity index (χ0) is 14.6. The summed E-state index contributed by atoms with van der Waals surface area (Å²) in [5, 5.41) is 12.8. The number of oxime groups is 1. The molecule has 1 N–H and O–H groups in total. The van der Waals surface area contributed by atoms with E-state index in [9.17, 15) is 14.7 Å². The van der Waals surface area contributed by atoms with Crippen LogP contribution in [0.25, 0.3) is 0 Å². The Balaban J connectivity index is 2.21. The first kappa shape index (κ1) is 14.2. The van der Waals surface area contributed by atoms with Crippen molar-refractivity contribution in [3.63, 3.8) is 0 Å². The van der Waals surface area contributed by atoms with Gasteiger partial charge in [-0.05, 0) is 34.6 Å². The Hall–Kier alpha value is -1.24. The number of carboxylic acid groups (broad SMARTS) is 1. The molecule has 2 heterocycles. The van der Waals surface area contributed by atoms with Crippen LogP contribution < -0.4 is 0 Å². The van der Waals surface area contributed by atoms with Crippen molar-refractivity contribution in [3.8, 4) is 0 Å². The number of hydrogen-bond donors (Lipinski definition) is 1. The minimum Gasteiger partial charge on any atom is -0.480 e. The summed E-state index contributed by atoms with van der Waals surface area (Å²) in [6, 6.07) is -0.816. The third-order valence-corrected chi connectivity index (χ3v) is 4.45. The number of nitrogens with zero attached hydrogens (tertiary/aromatic N) is 2. The Morgan fingerprint density at radius 3 is 2.53 bits per heavy atom. The third kappa shape index (κ3) is 2.31. The molecule has 2 rings (SSSR count). The van der Waals surface area contributed by atoms with Crippen LogP contribution in [0.2, 0.25) is 0 Å². The molecule has 0 bridgehead atoms. The van der Waals surface area contributed by atoms with Crippen LogP contribution in [-0.4, -0.2) is 49.4 Å². The first-order valence-corrected chi connectivity index (χ1v) is 6.92. The maximum absolute atomic E-state index is 12.0. The molecule has 0 spiro atoms. The molecule has 2 atom stereocenters. The quantitative estimate of drug-likeness (QED) is 0.611. The van der Waals surface area contributed by atoms with Gasteiger partial charge in [-0.1, -0.05) is 5.16 Å². The molecule has 0 aromatic heterocycles. The second-order valence-electron chi connectivity index (χ2n) is 6.21. The number of hydrogen-bond acceptors (Lipinski definition) is 5. The van der Waals surface area contributed by atoms with Crippen molar-refractivity contribution in [1.29, 1.82) is 0 Å². The molecule has 2 aliphatic heterocycles. The van der Waals surface area contributed by atoms with Gasteiger partial charge in [-0.3, -0.25) is 4.79 Å². The largest absolute Gasteiger partial charge is 0.480 e. The number of β-lactam (4-membered cyclic amide) rings is 1. The van der Waals surface area contributed by atoms with Gasteiger partial charge in [0, 0.05) is 4.75 Å². The molecule has 6 nitrogen and oxygen atoms in total. The van der Waals surface area contributed by atoms with Crippen LogP contribution in [-0.2, 0) is 14.4 Å². The fourth-order valence-electron chi connectivity index (χ4n) is 2.15. The Morgan fingerprint density at radius 2 is 2.05 bits per heavy atom. The van der Waals surface area contributed by atoms with Crippen molar-refractivity contribution in [2.24, 2.45) is 5.16 Å². The van der Waals surface area contributed by atoms with Gasteiger partial charge in [0.15, 0.2) is 5.71 Å². The maximum Gasteiger partial charge on any atom is 0.327 e. The van der Waals surface area contributed by atoms with Crippen LogP contribution in [0, 0.1) is 0 Å². The second-order valence-corrected chi connectivity index (χ2v) is 7.94. The minimum absolute atomic E-state index is 0.303. The first-order valence-electron chi connectivity index (χ1n) is 6.04. The zero-order valence-corrected chi connectivity index (χ0v) is 12.4. The fraction of sp³-hybridized carbons (Fsp3) is 0.750. The van der Waals surface area contributed by atoms with Gasteiger partial charge in [-0.15, -0.1) is 11.8 Å². The molecule has 2 fully saturated rings. The van der Waals surface area contributed by atoms with Gasteiger partial charge < -0.3 is 14.8 Å². The van der Waals surface area contributed by atoms with Crippen molar-refractivity contribution >= 4 is 29.4 Å². The molecule has 2 aliphatic rings. The van der Waals surface area contributed by atoms with E-state index in [-0.39, 0.29) is 11.3 Å². The summed E-state index contributed by atoms with van der Waals surface area (Å²) in [4.78, 5) is 29.9. The lowest BCUT2D eigenvalue weighted by molar-refractivity contribution is -0.150. The monoisotopic (exact) mass is 286 g/mol. The van der Waals surface area contributed by atoms with Crippen LogP contribution in [0.4, 0.5) is 0 Å². The molecule has 7 heteroatoms. The molecule has 0 aliphatic carbocycles. The standard InChI is InChI=1S/C12H18N2O4S/c1-11(2,3)18-13-6-8(15)14-7(10(16)17)12(4,5)19-9(6)14/h7,9H,1-5H3,(H,16,17)/b13-6+/t7-,9+/m0/s1. The number of thioether (sulfide) groups is 1. The number of amides is 1. The van der Waals surface area contributed by atoms with Crippen LogP contribution in [0.5, 0.6) is 0 Å². The number of carbonyl (C=O) groups excluding carboxylic acids is 1. The maximum atomic E-state index is 12.0. The number of carbonyl (C=O) groups is 2. The fourth-order valence-corrected chi connectivity index (χ4v) is 3.65. The van der Waals surface area contributed by atoms with E-state index >= 15 is 0 Å². The predicted molar refractivity (Wildman–Crippen MR) is 72.0 cm³/mol. The highest BCUT2D eigenvalue weighted by molar-refractivity contribution is 8.02. The molecule has 2 saturated heterocycles. The van der Waals surface area contributed by atoms with Crippen molar-refractivity contribution < 1.29 is 19.5 Å². The van der Waals surface area contributed by atoms with E-state index in [4.69, 9.17) is 4.84 Å². The van der Waals surface area contributed by atoms with E-state index in [1.807, 2.05) is 34.6 Å². The lowest BCUT2D eigenvalue weighted by Crippen LogP contribution is -2.63. The van der Waals surface area contributed by atoms with Gasteiger partial charge in [-0.25, -0.2) is 4.79 Å². The topological polar surface area (TPSA) is 79.2 Å². The lowest BCUT2D eigenvalue weighted by atomic mass is 9.98. The Bertz CT molecular complexity index is 467. The van der Waals surface area contributed by atoms with Crippen LogP contribution >= 0.6 is 11.8 Å². The molecule has 19 heavy (non-hydrogen) atoms. The molecule has 0 saturated carbocycles. The summed E-state index contributed by atoms with van der Waals surface area (Å²) in [5.41, 5.74) is -0.171. The highest BCUT2D eigenvalue weighted by atomic mass is 32.2. The number of fused-ring (bicyclic) bond motifs is 1. The Morgan fingerprint density at radius 1 is 1.47 bits per heavy atom. The van der Waals surface area contributed by atoms with Crippen molar-refractivity contribution in [2.45, 2.75) is 56.4 Å². The average molecular weight is 286 g/mol. The van der Waals surface area contributed by atoms with Gasteiger partial charge in [0.05, 0.1) is 0 Å². The van der Waals surface area contributed by atoms with Crippen LogP contribution in [0.15, 0.2) is 5.16 Å². The minimum atomic E-state index is -0.982. The van der Waals surface area contributed by atoms with E-state index in [2.05, 4.69) is 5.16 Å². The SMILES string of the molecule is CC(C)(C)O/N=C1\C(=O)N2[C@@H]1SC(C)(C)[C@@H]2C(=O)O. The Labute approximate surface area is 116 Å². The highest BCUT2D eigenvalue weighted by Gasteiger charge is 2.63. The van der Waals surface area contributed by atoms with Crippen molar-refractivity contribution in [1.82, 2.24) is 4.90 Å². The lowest BCUT2D eigenvalue weighted by Gasteiger charge is -2.37. The smallest absolute Gasteiger partial charge is 0.327 e. The van der Waals surface area contributed by atoms with Crippen LogP contribution in [0.1, 0.15) is 34.6 Å². The summed E-state index contributed by atoms with van der Waals surface area (Å²) in [5.74, 6) is -1.33. The van der Waals surface area contributed by atoms with Gasteiger partial charge >= 0.3 is 5.97 Å². The summed E-state index contributed by atoms with van der Waals surface area (Å²) in [6.45, 7) is 9.16. The molecule has 0 radical (unpaired) electrons. The molecular formula is C12H18N2O4S. The van der Waals surface area contributed by atoms with Crippen molar-refractivity contribution in [2.75, 3.05) is 0 Å². The van der Waals surface area contributed by atoms with E-state index in [0.717, 1.165) is 0 Å².